The van der Waals surface area contributed by atoms with Gasteiger partial charge in [0.1, 0.15) is 5.82 Å². The van der Waals surface area contributed by atoms with E-state index in [1.54, 1.807) is 6.92 Å². The van der Waals surface area contributed by atoms with Crippen LogP contribution in [-0.2, 0) is 0 Å². The van der Waals surface area contributed by atoms with Crippen molar-refractivity contribution in [3.8, 4) is 11.8 Å². The van der Waals surface area contributed by atoms with Gasteiger partial charge in [0.15, 0.2) is 0 Å². The molecule has 1 rings (SSSR count). The summed E-state index contributed by atoms with van der Waals surface area (Å²) in [5.41, 5.74) is 0.183. The molecule has 0 fully saturated rings. The van der Waals surface area contributed by atoms with E-state index in [4.69, 9.17) is 5.11 Å². The van der Waals surface area contributed by atoms with Gasteiger partial charge in [0.25, 0.3) is 0 Å². The van der Waals surface area contributed by atoms with E-state index in [2.05, 4.69) is 17.2 Å². The Morgan fingerprint density at radius 2 is 2.33 bits per heavy atom. The first-order valence-corrected chi connectivity index (χ1v) is 4.31. The molecule has 3 nitrogen and oxygen atoms in total. The van der Waals surface area contributed by atoms with Crippen LogP contribution in [0.1, 0.15) is 17.3 Å². The van der Waals surface area contributed by atoms with Gasteiger partial charge in [-0.15, -0.1) is 5.92 Å². The van der Waals surface area contributed by atoms with E-state index in [0.29, 0.717) is 12.2 Å². The van der Waals surface area contributed by atoms with E-state index in [1.807, 2.05) is 0 Å². The molecule has 0 bridgehead atoms. The number of nitrogens with one attached hydrogen (secondary N) is 1. The summed E-state index contributed by atoms with van der Waals surface area (Å²) in [7, 11) is 0. The SMILES string of the molecule is CC#CCNc1ccc(C(=O)O)c(F)c1. The first-order chi connectivity index (χ1) is 7.15. The molecule has 0 atom stereocenters. The highest BCUT2D eigenvalue weighted by atomic mass is 19.1. The number of carboxylic acids is 1. The van der Waals surface area contributed by atoms with Crippen molar-refractivity contribution >= 4 is 11.7 Å². The lowest BCUT2D eigenvalue weighted by atomic mass is 10.2. The van der Waals surface area contributed by atoms with E-state index in [1.165, 1.54) is 12.1 Å². The van der Waals surface area contributed by atoms with Crippen LogP contribution in [0.4, 0.5) is 10.1 Å². The second-order valence-electron chi connectivity index (χ2n) is 2.78. The summed E-state index contributed by atoms with van der Waals surface area (Å²) in [5.74, 6) is 3.41. The standard InChI is InChI=1S/C11H10FNO2/c1-2-3-6-13-8-4-5-9(11(14)15)10(12)7-8/h4-5,7,13H,6H2,1H3,(H,14,15). The zero-order valence-electron chi connectivity index (χ0n) is 8.17. The van der Waals surface area contributed by atoms with Crippen LogP contribution in [0.5, 0.6) is 0 Å². The second-order valence-corrected chi connectivity index (χ2v) is 2.78. The third-order valence-electron chi connectivity index (χ3n) is 1.76. The predicted octanol–water partition coefficient (Wildman–Crippen LogP) is 1.96. The van der Waals surface area contributed by atoms with Crippen LogP contribution in [0.2, 0.25) is 0 Å². The maximum absolute atomic E-state index is 13.2. The fourth-order valence-electron chi connectivity index (χ4n) is 1.03. The minimum atomic E-state index is -1.27. The molecule has 78 valence electrons. The predicted molar refractivity (Wildman–Crippen MR) is 55.3 cm³/mol. The van der Waals surface area contributed by atoms with Gasteiger partial charge in [-0.1, -0.05) is 5.92 Å². The van der Waals surface area contributed by atoms with Gasteiger partial charge >= 0.3 is 5.97 Å². The highest BCUT2D eigenvalue weighted by Gasteiger charge is 2.09. The molecule has 1 aromatic carbocycles. The summed E-state index contributed by atoms with van der Waals surface area (Å²) in [6.45, 7) is 2.11. The minimum absolute atomic E-state index is 0.331. The summed E-state index contributed by atoms with van der Waals surface area (Å²) < 4.78 is 13.2. The monoisotopic (exact) mass is 207 g/mol. The van der Waals surface area contributed by atoms with Crippen LogP contribution in [0, 0.1) is 17.7 Å². The van der Waals surface area contributed by atoms with E-state index in [0.717, 1.165) is 6.07 Å². The maximum Gasteiger partial charge on any atom is 0.338 e. The molecular formula is C11H10FNO2. The average Bonchev–Trinajstić information content (AvgIpc) is 2.17. The number of aromatic carboxylic acids is 1. The van der Waals surface area contributed by atoms with Crippen molar-refractivity contribution in [3.63, 3.8) is 0 Å². The Bertz CT molecular complexity index is 432. The molecule has 0 aromatic heterocycles. The lowest BCUT2D eigenvalue weighted by Crippen LogP contribution is -2.03. The fraction of sp³-hybridized carbons (Fsp3) is 0.182. The lowest BCUT2D eigenvalue weighted by Gasteiger charge is -2.03. The normalized spacial score (nSPS) is 8.93. The van der Waals surface area contributed by atoms with Gasteiger partial charge in [-0.2, -0.15) is 0 Å². The van der Waals surface area contributed by atoms with E-state index >= 15 is 0 Å². The van der Waals surface area contributed by atoms with Crippen molar-refractivity contribution in [2.75, 3.05) is 11.9 Å². The molecule has 15 heavy (non-hydrogen) atoms. The Morgan fingerprint density at radius 1 is 1.60 bits per heavy atom. The largest absolute Gasteiger partial charge is 0.478 e. The van der Waals surface area contributed by atoms with Crippen molar-refractivity contribution in [1.29, 1.82) is 0 Å². The van der Waals surface area contributed by atoms with Crippen molar-refractivity contribution < 1.29 is 14.3 Å². The zero-order chi connectivity index (χ0) is 11.3. The summed E-state index contributed by atoms with van der Waals surface area (Å²) in [5, 5.41) is 11.4. The Labute approximate surface area is 86.9 Å². The van der Waals surface area contributed by atoms with Gasteiger partial charge in [0, 0.05) is 5.69 Å². The number of rotatable bonds is 3. The van der Waals surface area contributed by atoms with E-state index < -0.39 is 11.8 Å². The molecule has 0 saturated carbocycles. The zero-order valence-corrected chi connectivity index (χ0v) is 8.17. The maximum atomic E-state index is 13.2. The van der Waals surface area contributed by atoms with Crippen LogP contribution >= 0.6 is 0 Å². The number of hydrogen-bond acceptors (Lipinski definition) is 2. The van der Waals surface area contributed by atoms with Crippen LogP contribution in [0.25, 0.3) is 0 Å². The highest BCUT2D eigenvalue weighted by Crippen LogP contribution is 2.14. The molecular weight excluding hydrogens is 197 g/mol. The van der Waals surface area contributed by atoms with Crippen LogP contribution in [0.3, 0.4) is 0 Å². The molecule has 0 radical (unpaired) electrons. The van der Waals surface area contributed by atoms with Crippen LogP contribution in [0.15, 0.2) is 18.2 Å². The van der Waals surface area contributed by atoms with Gasteiger partial charge in [-0.25, -0.2) is 9.18 Å². The molecule has 0 aliphatic heterocycles. The summed E-state index contributed by atoms with van der Waals surface area (Å²) in [6.07, 6.45) is 0. The number of halogens is 1. The van der Waals surface area contributed by atoms with Gasteiger partial charge in [0.2, 0.25) is 0 Å². The van der Waals surface area contributed by atoms with Gasteiger partial charge in [-0.05, 0) is 25.1 Å². The number of benzene rings is 1. The summed E-state index contributed by atoms with van der Waals surface area (Å²) in [6, 6.07) is 3.87. The summed E-state index contributed by atoms with van der Waals surface area (Å²) >= 11 is 0. The number of carboxylic acid groups (broad SMARTS) is 1. The Balaban J connectivity index is 2.80. The average molecular weight is 207 g/mol. The third kappa shape index (κ3) is 2.99. The Morgan fingerprint density at radius 3 is 2.87 bits per heavy atom. The first-order valence-electron chi connectivity index (χ1n) is 4.31. The second kappa shape index (κ2) is 5.01. The molecule has 4 heteroatoms. The lowest BCUT2D eigenvalue weighted by molar-refractivity contribution is 0.0692. The number of hydrogen-bond donors (Lipinski definition) is 2. The molecule has 0 aliphatic carbocycles. The van der Waals surface area contributed by atoms with Crippen molar-refractivity contribution in [1.82, 2.24) is 0 Å². The molecule has 0 saturated heterocycles. The molecule has 0 heterocycles. The first kappa shape index (κ1) is 11.1. The molecule has 0 amide bonds. The van der Waals surface area contributed by atoms with Gasteiger partial charge < -0.3 is 10.4 Å². The van der Waals surface area contributed by atoms with Crippen LogP contribution in [-0.4, -0.2) is 17.6 Å². The van der Waals surface area contributed by atoms with Crippen molar-refractivity contribution in [2.24, 2.45) is 0 Å². The Kier molecular flexibility index (Phi) is 3.69. The molecule has 0 unspecified atom stereocenters. The summed E-state index contributed by atoms with van der Waals surface area (Å²) in [4.78, 5) is 10.5. The van der Waals surface area contributed by atoms with E-state index in [9.17, 15) is 9.18 Å². The Hall–Kier alpha value is -2.02. The van der Waals surface area contributed by atoms with Gasteiger partial charge in [0.05, 0.1) is 12.1 Å². The molecule has 0 aliphatic rings. The molecule has 1 aromatic rings. The third-order valence-corrected chi connectivity index (χ3v) is 1.76. The quantitative estimate of drug-likeness (QED) is 0.745. The molecule has 0 spiro atoms. The number of anilines is 1. The fourth-order valence-corrected chi connectivity index (χ4v) is 1.03. The highest BCUT2D eigenvalue weighted by molar-refractivity contribution is 5.88. The van der Waals surface area contributed by atoms with E-state index in [-0.39, 0.29) is 5.56 Å². The minimum Gasteiger partial charge on any atom is -0.478 e. The molecule has 2 N–H and O–H groups in total. The van der Waals surface area contributed by atoms with Crippen molar-refractivity contribution in [3.05, 3.63) is 29.6 Å². The van der Waals surface area contributed by atoms with Crippen LogP contribution < -0.4 is 5.32 Å². The smallest absolute Gasteiger partial charge is 0.338 e. The topological polar surface area (TPSA) is 49.3 Å². The number of carbonyl (C=O) groups is 1. The van der Waals surface area contributed by atoms with Gasteiger partial charge in [-0.3, -0.25) is 0 Å². The van der Waals surface area contributed by atoms with Crippen molar-refractivity contribution in [2.45, 2.75) is 6.92 Å².